The second-order valence-electron chi connectivity index (χ2n) is 4.84. The van der Waals surface area contributed by atoms with E-state index < -0.39 is 22.1 Å². The number of rotatable bonds is 5. The molecule has 0 fully saturated rings. The quantitative estimate of drug-likeness (QED) is 0.337. The van der Waals surface area contributed by atoms with Gasteiger partial charge in [0, 0.05) is 10.3 Å². The average Bonchev–Trinajstić information content (AvgIpc) is 2.57. The molecule has 0 aliphatic carbocycles. The Kier molecular flexibility index (Phi) is 9.21. The Morgan fingerprint density at radius 2 is 1.68 bits per heavy atom. The van der Waals surface area contributed by atoms with E-state index in [2.05, 4.69) is 0 Å². The molecule has 0 amide bonds. The maximum Gasteiger partial charge on any atom is 0.522 e. The van der Waals surface area contributed by atoms with E-state index in [0.29, 0.717) is 22.4 Å². The molecule has 0 radical (unpaired) electrons. The van der Waals surface area contributed by atoms with Gasteiger partial charge in [0.15, 0.2) is 0 Å². The first-order valence-corrected chi connectivity index (χ1v) is 12.1. The molecule has 5 nitrogen and oxygen atoms in total. The van der Waals surface area contributed by atoms with Crippen molar-refractivity contribution in [3.8, 4) is 5.75 Å². The number of benzene rings is 2. The Morgan fingerprint density at radius 1 is 1.14 bits per heavy atom. The van der Waals surface area contributed by atoms with Crippen molar-refractivity contribution in [1.82, 2.24) is 0 Å². The summed E-state index contributed by atoms with van der Waals surface area (Å²) in [7, 11) is -5.84. The molecule has 0 aromatic heterocycles. The van der Waals surface area contributed by atoms with Crippen LogP contribution in [0.3, 0.4) is 0 Å². The molecule has 0 aliphatic heterocycles. The third kappa shape index (κ3) is 7.51. The molecule has 1 N–H and O–H groups in total. The summed E-state index contributed by atoms with van der Waals surface area (Å²) >= 11 is 17.6. The van der Waals surface area contributed by atoms with Gasteiger partial charge in [0.25, 0.3) is 6.49 Å². The highest BCUT2D eigenvalue weighted by Crippen LogP contribution is 2.49. The van der Waals surface area contributed by atoms with Crippen molar-refractivity contribution < 1.29 is 35.2 Å². The van der Waals surface area contributed by atoms with Crippen molar-refractivity contribution in [2.24, 2.45) is 0 Å². The largest absolute Gasteiger partial charge is 0.522 e. The number of hydrogen-bond donors (Lipinski definition) is 1. The van der Waals surface area contributed by atoms with Gasteiger partial charge in [0.05, 0.1) is 11.6 Å². The molecule has 0 aliphatic rings. The van der Waals surface area contributed by atoms with Crippen LogP contribution in [-0.2, 0) is 26.4 Å². The van der Waals surface area contributed by atoms with Crippen molar-refractivity contribution in [3.05, 3.63) is 58.6 Å². The Bertz CT molecular complexity index is 940. The fourth-order valence-corrected chi connectivity index (χ4v) is 4.64. The lowest BCUT2D eigenvalue weighted by molar-refractivity contribution is -0.0510. The molecule has 2 aromatic carbocycles. The number of alkyl halides is 3. The Labute approximate surface area is 175 Å². The van der Waals surface area contributed by atoms with Gasteiger partial charge in [0.1, 0.15) is 5.75 Å². The minimum absolute atomic E-state index is 0.419. The van der Waals surface area contributed by atoms with Crippen LogP contribution in [0.2, 0.25) is 10.0 Å². The first kappa shape index (κ1) is 25.2. The van der Waals surface area contributed by atoms with E-state index in [4.69, 9.17) is 57.0 Å². The zero-order valence-corrected chi connectivity index (χ0v) is 18.1. The summed E-state index contributed by atoms with van der Waals surface area (Å²) < 4.78 is 69.2. The minimum Gasteiger partial charge on any atom is -0.439 e. The summed E-state index contributed by atoms with van der Waals surface area (Å²) in [5.41, 5.74) is -5.53. The fraction of sp³-hybridized carbons (Fsp3) is 0.200. The van der Waals surface area contributed by atoms with Crippen LogP contribution < -0.4 is 9.83 Å². The monoisotopic (exact) mass is 496 g/mol. The van der Waals surface area contributed by atoms with Gasteiger partial charge in [-0.05, 0) is 49.1 Å². The summed E-state index contributed by atoms with van der Waals surface area (Å²) in [6, 6.07) is 14.6. The van der Waals surface area contributed by atoms with Crippen molar-refractivity contribution in [2.45, 2.75) is 12.4 Å². The summed E-state index contributed by atoms with van der Waals surface area (Å²) in [6.07, 6.45) is 0. The summed E-state index contributed by atoms with van der Waals surface area (Å²) in [5, 5.41) is 1.82. The van der Waals surface area contributed by atoms with Gasteiger partial charge in [-0.3, -0.25) is 4.55 Å². The molecule has 28 heavy (non-hydrogen) atoms. The van der Waals surface area contributed by atoms with Crippen LogP contribution in [0.4, 0.5) is 13.2 Å². The molecular formula is C15H14Cl2F3O5PS2. The molecule has 0 heterocycles. The molecule has 13 heteroatoms. The fourth-order valence-electron chi connectivity index (χ4n) is 1.61. The van der Waals surface area contributed by atoms with Gasteiger partial charge in [-0.15, -0.1) is 0 Å². The van der Waals surface area contributed by atoms with Crippen LogP contribution >= 0.6 is 29.7 Å². The molecule has 156 valence electrons. The Morgan fingerprint density at radius 3 is 2.11 bits per heavy atom. The standard InChI is InChI=1S/C14H13Cl2O2PS.CHF3O3S/c1-2-17-19(20,12-6-4-3-5-7-12)18-14-9-8-11(15)10-13(14)16;2-1(3,4)8(5,6)7/h3-10H,2H2,1H3;(H,5,6,7). The van der Waals surface area contributed by atoms with Gasteiger partial charge in [-0.2, -0.15) is 21.6 Å². The highest BCUT2D eigenvalue weighted by molar-refractivity contribution is 8.13. The van der Waals surface area contributed by atoms with Crippen molar-refractivity contribution in [3.63, 3.8) is 0 Å². The normalized spacial score (nSPS) is 13.8. The van der Waals surface area contributed by atoms with Crippen LogP contribution in [0, 0.1) is 0 Å². The van der Waals surface area contributed by atoms with Crippen LogP contribution in [0.15, 0.2) is 48.5 Å². The van der Waals surface area contributed by atoms with E-state index in [0.717, 1.165) is 5.30 Å². The summed E-state index contributed by atoms with van der Waals surface area (Å²) in [4.78, 5) is 0. The van der Waals surface area contributed by atoms with Crippen molar-refractivity contribution >= 4 is 56.9 Å². The Balaban J connectivity index is 0.000000416. The lowest BCUT2D eigenvalue weighted by atomic mass is 10.3. The van der Waals surface area contributed by atoms with Gasteiger partial charge < -0.3 is 9.05 Å². The predicted molar refractivity (Wildman–Crippen MR) is 107 cm³/mol. The van der Waals surface area contributed by atoms with Gasteiger partial charge in [-0.25, -0.2) is 0 Å². The molecule has 0 bridgehead atoms. The predicted octanol–water partition coefficient (Wildman–Crippen LogP) is 5.44. The van der Waals surface area contributed by atoms with Gasteiger partial charge in [0.2, 0.25) is 0 Å². The SMILES string of the molecule is CCOP(=S)(Oc1ccc(Cl)cc1Cl)c1ccccc1.O=S(=O)(O)C(F)(F)F. The maximum absolute atomic E-state index is 10.7. The molecular weight excluding hydrogens is 483 g/mol. The van der Waals surface area contributed by atoms with Gasteiger partial charge in [-0.1, -0.05) is 41.4 Å². The van der Waals surface area contributed by atoms with Gasteiger partial charge >= 0.3 is 15.6 Å². The van der Waals surface area contributed by atoms with E-state index in [1.807, 2.05) is 37.3 Å². The van der Waals surface area contributed by atoms with E-state index in [9.17, 15) is 13.2 Å². The summed E-state index contributed by atoms with van der Waals surface area (Å²) in [5.74, 6) is 0.483. The molecule has 1 atom stereocenters. The third-order valence-electron chi connectivity index (χ3n) is 2.78. The number of halogens is 5. The lowest BCUT2D eigenvalue weighted by Gasteiger charge is -2.23. The molecule has 1 unspecified atom stereocenters. The smallest absolute Gasteiger partial charge is 0.439 e. The second kappa shape index (κ2) is 10.2. The zero-order chi connectivity index (χ0) is 21.6. The second-order valence-corrected chi connectivity index (χ2v) is 10.5. The molecule has 0 saturated carbocycles. The molecule has 0 spiro atoms. The first-order chi connectivity index (χ1) is 12.8. The number of hydrogen-bond acceptors (Lipinski definition) is 5. The van der Waals surface area contributed by atoms with E-state index in [1.165, 1.54) is 0 Å². The average molecular weight is 497 g/mol. The lowest BCUT2D eigenvalue weighted by Crippen LogP contribution is -2.21. The maximum atomic E-state index is 10.7. The third-order valence-corrected chi connectivity index (χ3v) is 7.03. The van der Waals surface area contributed by atoms with Crippen molar-refractivity contribution in [2.75, 3.05) is 6.61 Å². The van der Waals surface area contributed by atoms with E-state index in [1.54, 1.807) is 18.2 Å². The van der Waals surface area contributed by atoms with Crippen LogP contribution in [0.1, 0.15) is 6.92 Å². The van der Waals surface area contributed by atoms with Crippen LogP contribution in [-0.4, -0.2) is 25.1 Å². The molecule has 0 saturated heterocycles. The zero-order valence-electron chi connectivity index (χ0n) is 14.1. The summed E-state index contributed by atoms with van der Waals surface area (Å²) in [6.45, 7) is -0.275. The topological polar surface area (TPSA) is 72.8 Å². The minimum atomic E-state index is -5.84. The van der Waals surface area contributed by atoms with E-state index in [-0.39, 0.29) is 0 Å². The molecule has 2 aromatic rings. The Hall–Kier alpha value is -0.870. The highest BCUT2D eigenvalue weighted by atomic mass is 35.5. The van der Waals surface area contributed by atoms with Crippen LogP contribution in [0.5, 0.6) is 5.75 Å². The molecule has 2 rings (SSSR count). The van der Waals surface area contributed by atoms with Crippen molar-refractivity contribution in [1.29, 1.82) is 0 Å². The first-order valence-electron chi connectivity index (χ1n) is 7.28. The van der Waals surface area contributed by atoms with E-state index >= 15 is 0 Å². The van der Waals surface area contributed by atoms with Crippen LogP contribution in [0.25, 0.3) is 0 Å². The highest BCUT2D eigenvalue weighted by Gasteiger charge is 2.44.